The molecule has 0 unspecified atom stereocenters. The summed E-state index contributed by atoms with van der Waals surface area (Å²) in [4.78, 5) is 11.4. The van der Waals surface area contributed by atoms with Crippen LogP contribution in [0.4, 0.5) is 0 Å². The number of hydrogen-bond donors (Lipinski definition) is 1. The van der Waals surface area contributed by atoms with Crippen LogP contribution in [-0.4, -0.2) is 30.6 Å². The Kier molecular flexibility index (Phi) is 5.03. The van der Waals surface area contributed by atoms with Crippen molar-refractivity contribution in [1.82, 2.24) is 14.8 Å². The lowest BCUT2D eigenvalue weighted by molar-refractivity contribution is -0.138. The van der Waals surface area contributed by atoms with Crippen molar-refractivity contribution in [2.75, 3.05) is 0 Å². The number of thioether (sulfide) groups is 1. The standard InChI is InChI=1S/C18H15BrN4O2S/c1-18(2,15(24)25)26-17-22-21-16(19)23(17)10-12-8-7-11(9-20)13-5-3-4-6-14(12)13/h3-8H,10H2,1-2H3,(H,24,25). The van der Waals surface area contributed by atoms with E-state index in [9.17, 15) is 15.2 Å². The van der Waals surface area contributed by atoms with E-state index < -0.39 is 10.7 Å². The third-order valence-electron chi connectivity index (χ3n) is 4.00. The molecular weight excluding hydrogens is 416 g/mol. The summed E-state index contributed by atoms with van der Waals surface area (Å²) in [7, 11) is 0. The first kappa shape index (κ1) is 18.4. The Morgan fingerprint density at radius 1 is 1.27 bits per heavy atom. The maximum atomic E-state index is 11.4. The molecule has 0 saturated heterocycles. The van der Waals surface area contributed by atoms with Crippen LogP contribution in [0.3, 0.4) is 0 Å². The van der Waals surface area contributed by atoms with E-state index in [0.29, 0.717) is 22.0 Å². The summed E-state index contributed by atoms with van der Waals surface area (Å²) >= 11 is 4.53. The van der Waals surface area contributed by atoms with Gasteiger partial charge in [0.05, 0.1) is 18.2 Å². The highest BCUT2D eigenvalue weighted by Gasteiger charge is 2.31. The molecule has 0 aliphatic carbocycles. The minimum Gasteiger partial charge on any atom is -0.480 e. The van der Waals surface area contributed by atoms with Gasteiger partial charge in [0, 0.05) is 0 Å². The highest BCUT2D eigenvalue weighted by Crippen LogP contribution is 2.33. The molecule has 3 aromatic rings. The lowest BCUT2D eigenvalue weighted by Gasteiger charge is -2.18. The van der Waals surface area contributed by atoms with E-state index in [0.717, 1.165) is 28.1 Å². The topological polar surface area (TPSA) is 91.8 Å². The lowest BCUT2D eigenvalue weighted by Crippen LogP contribution is -2.27. The van der Waals surface area contributed by atoms with Crippen LogP contribution in [-0.2, 0) is 11.3 Å². The normalized spacial score (nSPS) is 11.5. The predicted octanol–water partition coefficient (Wildman–Crippen LogP) is 4.07. The van der Waals surface area contributed by atoms with Crippen molar-refractivity contribution >= 4 is 44.4 Å². The van der Waals surface area contributed by atoms with Crippen LogP contribution >= 0.6 is 27.7 Å². The Hall–Kier alpha value is -2.37. The summed E-state index contributed by atoms with van der Waals surface area (Å²) in [6, 6.07) is 13.6. The molecule has 6 nitrogen and oxygen atoms in total. The van der Waals surface area contributed by atoms with Crippen molar-refractivity contribution in [1.29, 1.82) is 5.26 Å². The second-order valence-corrected chi connectivity index (χ2v) is 8.48. The van der Waals surface area contributed by atoms with Gasteiger partial charge in [0.25, 0.3) is 0 Å². The van der Waals surface area contributed by atoms with Gasteiger partial charge in [-0.05, 0) is 52.2 Å². The molecule has 0 radical (unpaired) electrons. The van der Waals surface area contributed by atoms with Crippen molar-refractivity contribution in [3.63, 3.8) is 0 Å². The number of nitrogens with zero attached hydrogens (tertiary/aromatic N) is 4. The lowest BCUT2D eigenvalue weighted by atomic mass is 10.00. The van der Waals surface area contributed by atoms with Crippen molar-refractivity contribution in [2.45, 2.75) is 30.3 Å². The molecule has 1 N–H and O–H groups in total. The minimum atomic E-state index is -1.03. The summed E-state index contributed by atoms with van der Waals surface area (Å²) in [5, 5.41) is 29.2. The molecular formula is C18H15BrN4O2S. The second-order valence-electron chi connectivity index (χ2n) is 6.18. The van der Waals surface area contributed by atoms with Crippen LogP contribution in [0.2, 0.25) is 0 Å². The van der Waals surface area contributed by atoms with E-state index in [1.807, 2.05) is 34.9 Å². The maximum absolute atomic E-state index is 11.4. The molecule has 0 aliphatic heterocycles. The molecule has 2 aromatic carbocycles. The first-order valence-corrected chi connectivity index (χ1v) is 9.36. The number of aliphatic carboxylic acids is 1. The van der Waals surface area contributed by atoms with Gasteiger partial charge in [-0.15, -0.1) is 10.2 Å². The SMILES string of the molecule is CC(C)(Sc1nnc(Br)n1Cc1ccc(C#N)c2ccccc12)C(=O)O. The quantitative estimate of drug-likeness (QED) is 0.613. The summed E-state index contributed by atoms with van der Waals surface area (Å²) < 4.78 is 1.31. The van der Waals surface area contributed by atoms with Crippen LogP contribution < -0.4 is 0 Å². The van der Waals surface area contributed by atoms with Gasteiger partial charge in [0.1, 0.15) is 4.75 Å². The molecule has 0 bridgehead atoms. The van der Waals surface area contributed by atoms with Crippen molar-refractivity contribution in [3.8, 4) is 6.07 Å². The number of fused-ring (bicyclic) bond motifs is 1. The van der Waals surface area contributed by atoms with Crippen LogP contribution in [0.15, 0.2) is 46.3 Å². The van der Waals surface area contributed by atoms with E-state index in [4.69, 9.17) is 0 Å². The zero-order valence-corrected chi connectivity index (χ0v) is 16.5. The van der Waals surface area contributed by atoms with E-state index in [2.05, 4.69) is 32.2 Å². The zero-order valence-electron chi connectivity index (χ0n) is 14.1. The summed E-state index contributed by atoms with van der Waals surface area (Å²) in [6.07, 6.45) is 0. The molecule has 0 atom stereocenters. The van der Waals surface area contributed by atoms with Crippen molar-refractivity contribution < 1.29 is 9.90 Å². The number of rotatable bonds is 5. The van der Waals surface area contributed by atoms with Gasteiger partial charge in [-0.3, -0.25) is 9.36 Å². The number of aromatic nitrogens is 3. The van der Waals surface area contributed by atoms with Crippen molar-refractivity contribution in [3.05, 3.63) is 52.3 Å². The third-order valence-corrected chi connectivity index (χ3v) is 5.75. The second kappa shape index (κ2) is 7.09. The Labute approximate surface area is 163 Å². The highest BCUT2D eigenvalue weighted by molar-refractivity contribution is 9.10. The van der Waals surface area contributed by atoms with Gasteiger partial charge in [-0.1, -0.05) is 42.1 Å². The Balaban J connectivity index is 2.04. The molecule has 3 rings (SSSR count). The number of halogens is 1. The average Bonchev–Trinajstić information content (AvgIpc) is 2.94. The Morgan fingerprint density at radius 3 is 2.62 bits per heavy atom. The molecule has 1 aromatic heterocycles. The summed E-state index contributed by atoms with van der Waals surface area (Å²) in [5.74, 6) is -0.919. The number of hydrogen-bond acceptors (Lipinski definition) is 5. The van der Waals surface area contributed by atoms with Crippen LogP contribution in [0.25, 0.3) is 10.8 Å². The molecule has 0 spiro atoms. The molecule has 26 heavy (non-hydrogen) atoms. The largest absolute Gasteiger partial charge is 0.480 e. The van der Waals surface area contributed by atoms with Crippen molar-refractivity contribution in [2.24, 2.45) is 0 Å². The van der Waals surface area contributed by atoms with Gasteiger partial charge in [-0.2, -0.15) is 5.26 Å². The first-order chi connectivity index (χ1) is 12.3. The summed E-state index contributed by atoms with van der Waals surface area (Å²) in [6.45, 7) is 3.71. The Bertz CT molecular complexity index is 1040. The van der Waals surface area contributed by atoms with Gasteiger partial charge in [0.15, 0.2) is 5.16 Å². The summed E-state index contributed by atoms with van der Waals surface area (Å²) in [5.41, 5.74) is 1.61. The zero-order chi connectivity index (χ0) is 18.9. The van der Waals surface area contributed by atoms with Gasteiger partial charge >= 0.3 is 5.97 Å². The number of benzene rings is 2. The maximum Gasteiger partial charge on any atom is 0.319 e. The van der Waals surface area contributed by atoms with E-state index >= 15 is 0 Å². The Morgan fingerprint density at radius 2 is 1.96 bits per heavy atom. The molecule has 8 heteroatoms. The van der Waals surface area contributed by atoms with E-state index in [1.54, 1.807) is 19.9 Å². The first-order valence-electron chi connectivity index (χ1n) is 7.75. The number of nitriles is 1. The predicted molar refractivity (Wildman–Crippen MR) is 103 cm³/mol. The molecule has 0 saturated carbocycles. The van der Waals surface area contributed by atoms with Crippen LogP contribution in [0.5, 0.6) is 0 Å². The number of carboxylic acid groups (broad SMARTS) is 1. The third kappa shape index (κ3) is 3.45. The highest BCUT2D eigenvalue weighted by atomic mass is 79.9. The molecule has 0 fully saturated rings. The monoisotopic (exact) mass is 430 g/mol. The fourth-order valence-corrected chi connectivity index (χ4v) is 3.89. The molecule has 0 aliphatic rings. The van der Waals surface area contributed by atoms with Gasteiger partial charge in [-0.25, -0.2) is 0 Å². The van der Waals surface area contributed by atoms with E-state index in [-0.39, 0.29) is 0 Å². The van der Waals surface area contributed by atoms with Gasteiger partial charge in [0.2, 0.25) is 4.73 Å². The fraction of sp³-hybridized carbons (Fsp3) is 0.222. The van der Waals surface area contributed by atoms with Crippen LogP contribution in [0.1, 0.15) is 25.0 Å². The number of carbonyl (C=O) groups is 1. The average molecular weight is 431 g/mol. The molecule has 1 heterocycles. The molecule has 132 valence electrons. The van der Waals surface area contributed by atoms with Crippen LogP contribution in [0, 0.1) is 11.3 Å². The number of carboxylic acids is 1. The fourth-order valence-electron chi connectivity index (χ4n) is 2.52. The molecule has 0 amide bonds. The smallest absolute Gasteiger partial charge is 0.319 e. The van der Waals surface area contributed by atoms with Gasteiger partial charge < -0.3 is 5.11 Å². The minimum absolute atomic E-state index is 0.456. The van der Waals surface area contributed by atoms with E-state index in [1.165, 1.54) is 0 Å².